The van der Waals surface area contributed by atoms with Crippen molar-refractivity contribution in [1.29, 1.82) is 0 Å². The van der Waals surface area contributed by atoms with Gasteiger partial charge in [-0.3, -0.25) is 0 Å². The van der Waals surface area contributed by atoms with Gasteiger partial charge in [-0.2, -0.15) is 0 Å². The molecule has 5 fully saturated rings. The van der Waals surface area contributed by atoms with Crippen LogP contribution in [0.2, 0.25) is 0 Å². The van der Waals surface area contributed by atoms with E-state index in [2.05, 4.69) is 34.3 Å². The largest absolute Gasteiger partial charge is 0.0999 e. The third kappa shape index (κ3) is 1.91. The minimum absolute atomic E-state index is 0.641. The molecular weight excluding hydrogens is 300 g/mol. The summed E-state index contributed by atoms with van der Waals surface area (Å²) in [5.74, 6) is 6.14. The molecule has 0 aliphatic heterocycles. The Morgan fingerprint density at radius 2 is 1.88 bits per heavy atom. The van der Waals surface area contributed by atoms with E-state index in [-0.39, 0.29) is 0 Å². The zero-order valence-electron chi connectivity index (χ0n) is 17.2. The summed E-state index contributed by atoms with van der Waals surface area (Å²) in [6, 6.07) is 0. The van der Waals surface area contributed by atoms with Gasteiger partial charge in [0, 0.05) is 0 Å². The van der Waals surface area contributed by atoms with Crippen molar-refractivity contribution >= 4 is 0 Å². The Labute approximate surface area is 156 Å². The van der Waals surface area contributed by atoms with E-state index in [0.717, 1.165) is 40.9 Å². The minimum atomic E-state index is 0.641. The normalized spacial score (nSPS) is 57.9. The van der Waals surface area contributed by atoms with Gasteiger partial charge in [0.05, 0.1) is 0 Å². The van der Waals surface area contributed by atoms with Crippen LogP contribution in [0, 0.1) is 51.8 Å². The second kappa shape index (κ2) is 5.17. The number of rotatable bonds is 2. The van der Waals surface area contributed by atoms with E-state index in [1.165, 1.54) is 32.1 Å². The molecular formula is C25H40. The van der Waals surface area contributed by atoms with Gasteiger partial charge in [0.2, 0.25) is 0 Å². The van der Waals surface area contributed by atoms with Crippen molar-refractivity contribution in [2.24, 2.45) is 51.8 Å². The predicted molar refractivity (Wildman–Crippen MR) is 106 cm³/mol. The monoisotopic (exact) mass is 340 g/mol. The van der Waals surface area contributed by atoms with Crippen LogP contribution in [0.1, 0.15) is 91.9 Å². The summed E-state index contributed by atoms with van der Waals surface area (Å²) in [5, 5.41) is 0. The van der Waals surface area contributed by atoms with Gasteiger partial charge in [0.25, 0.3) is 0 Å². The molecule has 25 heavy (non-hydrogen) atoms. The summed E-state index contributed by atoms with van der Waals surface area (Å²) in [6.07, 6.45) is 14.8. The van der Waals surface area contributed by atoms with Crippen molar-refractivity contribution in [3.63, 3.8) is 0 Å². The van der Waals surface area contributed by atoms with Gasteiger partial charge in [-0.25, -0.2) is 0 Å². The summed E-state index contributed by atoms with van der Waals surface area (Å²) >= 11 is 0. The van der Waals surface area contributed by atoms with Gasteiger partial charge < -0.3 is 0 Å². The second-order valence-corrected chi connectivity index (χ2v) is 11.6. The van der Waals surface area contributed by atoms with Crippen molar-refractivity contribution < 1.29 is 0 Å². The van der Waals surface area contributed by atoms with Crippen molar-refractivity contribution in [2.45, 2.75) is 91.9 Å². The number of hydrogen-bond acceptors (Lipinski definition) is 0. The van der Waals surface area contributed by atoms with E-state index in [0.29, 0.717) is 10.8 Å². The second-order valence-electron chi connectivity index (χ2n) is 11.6. The number of hydrogen-bond donors (Lipinski definition) is 0. The van der Waals surface area contributed by atoms with Crippen LogP contribution in [0.5, 0.6) is 0 Å². The first-order chi connectivity index (χ1) is 11.9. The molecule has 1 unspecified atom stereocenters. The van der Waals surface area contributed by atoms with Crippen LogP contribution in [0.25, 0.3) is 0 Å². The molecule has 5 aliphatic rings. The Hall–Kier alpha value is -0.260. The lowest BCUT2D eigenvalue weighted by molar-refractivity contribution is -0.120. The molecule has 0 radical (unpaired) electrons. The summed E-state index contributed by atoms with van der Waals surface area (Å²) < 4.78 is 0. The fourth-order valence-corrected chi connectivity index (χ4v) is 9.67. The average molecular weight is 341 g/mol. The van der Waals surface area contributed by atoms with Crippen LogP contribution < -0.4 is 0 Å². The van der Waals surface area contributed by atoms with Crippen molar-refractivity contribution in [1.82, 2.24) is 0 Å². The van der Waals surface area contributed by atoms with Gasteiger partial charge in [0.15, 0.2) is 0 Å². The topological polar surface area (TPSA) is 0 Å². The molecule has 5 aliphatic carbocycles. The maximum atomic E-state index is 4.36. The van der Waals surface area contributed by atoms with Crippen LogP contribution in [0.4, 0.5) is 0 Å². The zero-order valence-corrected chi connectivity index (χ0v) is 17.2. The molecule has 5 rings (SSSR count). The fraction of sp³-hybridized carbons (Fsp3) is 0.920. The summed E-state index contributed by atoms with van der Waals surface area (Å²) in [4.78, 5) is 0. The Balaban J connectivity index is 1.46. The maximum Gasteiger partial charge on any atom is -0.0184 e. The van der Waals surface area contributed by atoms with E-state index in [4.69, 9.17) is 0 Å². The fourth-order valence-electron chi connectivity index (χ4n) is 9.67. The summed E-state index contributed by atoms with van der Waals surface area (Å²) in [7, 11) is 0. The molecule has 0 bridgehead atoms. The molecule has 0 heterocycles. The molecule has 0 heteroatoms. The molecule has 5 saturated carbocycles. The highest BCUT2D eigenvalue weighted by atomic mass is 14.8. The van der Waals surface area contributed by atoms with E-state index >= 15 is 0 Å². The van der Waals surface area contributed by atoms with E-state index in [9.17, 15) is 0 Å². The predicted octanol–water partition coefficient (Wildman–Crippen LogP) is 7.25. The minimum Gasteiger partial charge on any atom is -0.0999 e. The molecule has 0 saturated heterocycles. The van der Waals surface area contributed by atoms with Crippen LogP contribution >= 0.6 is 0 Å². The molecule has 9 atom stereocenters. The maximum absolute atomic E-state index is 4.36. The smallest absolute Gasteiger partial charge is 0.0184 e. The highest BCUT2D eigenvalue weighted by molar-refractivity contribution is 5.24. The Morgan fingerprint density at radius 3 is 2.64 bits per heavy atom. The molecule has 0 aromatic heterocycles. The lowest BCUT2D eigenvalue weighted by atomic mass is 9.43. The van der Waals surface area contributed by atoms with Crippen molar-refractivity contribution in [2.75, 3.05) is 0 Å². The standard InChI is InChI=1S/C25H40/c1-6-17(3)25-15-19(25)14-22-20-8-7-18-13-16(2)9-11-23(18,4)21(20)10-12-24(22,25)5/h17-22H,2,6-15H2,1,3-5H3/t17-,18?,19+,20-,21+,22+,23+,24+,25+/m1/s1. The van der Waals surface area contributed by atoms with Gasteiger partial charge in [-0.05, 0) is 110 Å². The average Bonchev–Trinajstić information content (AvgIpc) is 3.27. The van der Waals surface area contributed by atoms with Crippen molar-refractivity contribution in [3.8, 4) is 0 Å². The van der Waals surface area contributed by atoms with Crippen molar-refractivity contribution in [3.05, 3.63) is 12.2 Å². The van der Waals surface area contributed by atoms with E-state index < -0.39 is 0 Å². The molecule has 0 aromatic rings. The van der Waals surface area contributed by atoms with E-state index in [1.807, 2.05) is 0 Å². The van der Waals surface area contributed by atoms with Crippen LogP contribution in [-0.2, 0) is 0 Å². The van der Waals surface area contributed by atoms with Crippen LogP contribution in [0.15, 0.2) is 12.2 Å². The highest BCUT2D eigenvalue weighted by Gasteiger charge is 2.75. The van der Waals surface area contributed by atoms with Gasteiger partial charge in [0.1, 0.15) is 0 Å². The quantitative estimate of drug-likeness (QED) is 0.464. The van der Waals surface area contributed by atoms with Gasteiger partial charge in [-0.1, -0.05) is 46.3 Å². The molecule has 0 aromatic carbocycles. The van der Waals surface area contributed by atoms with Crippen LogP contribution in [0.3, 0.4) is 0 Å². The first-order valence-corrected chi connectivity index (χ1v) is 11.5. The van der Waals surface area contributed by atoms with Gasteiger partial charge in [-0.15, -0.1) is 0 Å². The number of allylic oxidation sites excluding steroid dienone is 1. The third-order valence-corrected chi connectivity index (χ3v) is 11.3. The highest BCUT2D eigenvalue weighted by Crippen LogP contribution is 2.82. The van der Waals surface area contributed by atoms with E-state index in [1.54, 1.807) is 37.7 Å². The van der Waals surface area contributed by atoms with Crippen LogP contribution in [-0.4, -0.2) is 0 Å². The number of fused-ring (bicyclic) bond motifs is 7. The Morgan fingerprint density at radius 1 is 1.08 bits per heavy atom. The third-order valence-electron chi connectivity index (χ3n) is 11.3. The SMILES string of the molecule is C=C1CC[C@@]2(C)C(CC[C@@H]3[C@@H]2CC[C@@]2(C)[C@H]3C[C@H]3C[C@]32[C@H](C)CC)C1. The Bertz CT molecular complexity index is 589. The lowest BCUT2D eigenvalue weighted by Gasteiger charge is -2.62. The molecule has 0 spiro atoms. The molecule has 140 valence electrons. The summed E-state index contributed by atoms with van der Waals surface area (Å²) in [5.41, 5.74) is 3.62. The Kier molecular flexibility index (Phi) is 3.49. The zero-order chi connectivity index (χ0) is 17.6. The summed E-state index contributed by atoms with van der Waals surface area (Å²) in [6.45, 7) is 14.8. The molecule has 0 N–H and O–H groups in total. The molecule has 0 nitrogen and oxygen atoms in total. The first kappa shape index (κ1) is 16.9. The first-order valence-electron chi connectivity index (χ1n) is 11.5. The lowest BCUT2D eigenvalue weighted by Crippen LogP contribution is -2.54. The molecule has 0 amide bonds. The van der Waals surface area contributed by atoms with Gasteiger partial charge >= 0.3 is 0 Å².